The molecule has 0 spiro atoms. The van der Waals surface area contributed by atoms with Crippen LogP contribution in [0.5, 0.6) is 0 Å². The van der Waals surface area contributed by atoms with Crippen molar-refractivity contribution >= 4 is 27.3 Å². The fraction of sp³-hybridized carbons (Fsp3) is 0.333. The van der Waals surface area contributed by atoms with Crippen molar-refractivity contribution in [3.8, 4) is 11.3 Å². The second-order valence-electron chi connectivity index (χ2n) is 4.05. The normalized spacial score (nSPS) is 15.6. The minimum atomic E-state index is 0.724. The Labute approximate surface area is 107 Å². The third-order valence-corrected chi connectivity index (χ3v) is 4.39. The van der Waals surface area contributed by atoms with E-state index in [0.717, 1.165) is 34.1 Å². The molecule has 4 heteroatoms. The van der Waals surface area contributed by atoms with Gasteiger partial charge >= 0.3 is 0 Å². The summed E-state index contributed by atoms with van der Waals surface area (Å²) in [5.74, 6) is 1.96. The van der Waals surface area contributed by atoms with Crippen LogP contribution in [0, 0.1) is 0 Å². The van der Waals surface area contributed by atoms with Crippen molar-refractivity contribution < 1.29 is 4.42 Å². The third kappa shape index (κ3) is 2.24. The molecule has 1 fully saturated rings. The fourth-order valence-corrected chi connectivity index (χ4v) is 3.09. The quantitative estimate of drug-likeness (QED) is 0.922. The molecule has 84 valence electrons. The van der Waals surface area contributed by atoms with E-state index in [4.69, 9.17) is 4.42 Å². The van der Waals surface area contributed by atoms with E-state index in [0.29, 0.717) is 0 Å². The minimum Gasteiger partial charge on any atom is -0.460 e. The maximum Gasteiger partial charge on any atom is 0.136 e. The first-order valence-corrected chi connectivity index (χ1v) is 7.10. The van der Waals surface area contributed by atoms with Gasteiger partial charge in [0.15, 0.2) is 0 Å². The van der Waals surface area contributed by atoms with Gasteiger partial charge in [-0.1, -0.05) is 0 Å². The average molecular weight is 298 g/mol. The van der Waals surface area contributed by atoms with Crippen LogP contribution in [0.25, 0.3) is 11.3 Å². The molecule has 1 aliphatic carbocycles. The molecule has 0 saturated heterocycles. The highest BCUT2D eigenvalue weighted by molar-refractivity contribution is 9.10. The molecule has 0 aliphatic heterocycles. The molecule has 1 aliphatic rings. The zero-order valence-corrected chi connectivity index (χ0v) is 11.1. The molecule has 2 aromatic rings. The zero-order chi connectivity index (χ0) is 11.0. The number of hydrogen-bond donors (Lipinski definition) is 1. The van der Waals surface area contributed by atoms with Gasteiger partial charge < -0.3 is 9.73 Å². The first-order valence-electron chi connectivity index (χ1n) is 5.37. The molecule has 2 aromatic heterocycles. The van der Waals surface area contributed by atoms with Crippen LogP contribution < -0.4 is 5.32 Å². The summed E-state index contributed by atoms with van der Waals surface area (Å²) in [5, 5.41) is 7.61. The molecular formula is C12H12BrNOS. The average Bonchev–Trinajstić information content (AvgIpc) is 2.82. The Morgan fingerprint density at radius 1 is 1.38 bits per heavy atom. The molecule has 0 aromatic carbocycles. The third-order valence-electron chi connectivity index (χ3n) is 2.68. The van der Waals surface area contributed by atoms with Crippen LogP contribution in [0.15, 0.2) is 31.8 Å². The van der Waals surface area contributed by atoms with Gasteiger partial charge in [-0.3, -0.25) is 0 Å². The number of rotatable bonds is 4. The molecule has 2 heterocycles. The van der Waals surface area contributed by atoms with E-state index in [-0.39, 0.29) is 0 Å². The highest BCUT2D eigenvalue weighted by atomic mass is 79.9. The predicted molar refractivity (Wildman–Crippen MR) is 69.6 cm³/mol. The summed E-state index contributed by atoms with van der Waals surface area (Å²) in [6, 6.07) is 4.81. The molecule has 0 amide bonds. The second-order valence-corrected chi connectivity index (χ2v) is 5.65. The van der Waals surface area contributed by atoms with Crippen molar-refractivity contribution in [2.75, 3.05) is 0 Å². The summed E-state index contributed by atoms with van der Waals surface area (Å²) in [6.45, 7) is 0.840. The Morgan fingerprint density at radius 3 is 2.94 bits per heavy atom. The fourth-order valence-electron chi connectivity index (χ4n) is 1.61. The summed E-state index contributed by atoms with van der Waals surface area (Å²) in [7, 11) is 0. The summed E-state index contributed by atoms with van der Waals surface area (Å²) in [5.41, 5.74) is 1.14. The standard InChI is InChI=1S/C12H12BrNOS/c13-11-7-16-6-10(11)12-4-3-9(15-12)5-14-8-1-2-8/h3-4,6-8,14H,1-2,5H2. The van der Waals surface area contributed by atoms with Gasteiger partial charge in [-0.2, -0.15) is 11.3 Å². The number of hydrogen-bond acceptors (Lipinski definition) is 3. The summed E-state index contributed by atoms with van der Waals surface area (Å²) in [6.07, 6.45) is 2.62. The van der Waals surface area contributed by atoms with Crippen molar-refractivity contribution in [3.05, 3.63) is 33.1 Å². The molecule has 3 rings (SSSR count). The Bertz CT molecular complexity index is 487. The van der Waals surface area contributed by atoms with E-state index in [9.17, 15) is 0 Å². The highest BCUT2D eigenvalue weighted by Crippen LogP contribution is 2.32. The van der Waals surface area contributed by atoms with E-state index in [1.807, 2.05) is 6.07 Å². The van der Waals surface area contributed by atoms with Crippen LogP contribution in [-0.4, -0.2) is 6.04 Å². The second kappa shape index (κ2) is 4.35. The van der Waals surface area contributed by atoms with Crippen molar-refractivity contribution in [1.82, 2.24) is 5.32 Å². The monoisotopic (exact) mass is 297 g/mol. The SMILES string of the molecule is Brc1cscc1-c1ccc(CNC2CC2)o1. The number of nitrogens with one attached hydrogen (secondary N) is 1. The van der Waals surface area contributed by atoms with E-state index in [1.54, 1.807) is 11.3 Å². The van der Waals surface area contributed by atoms with Crippen LogP contribution in [0.3, 0.4) is 0 Å². The Morgan fingerprint density at radius 2 is 2.25 bits per heavy atom. The van der Waals surface area contributed by atoms with Crippen molar-refractivity contribution in [1.29, 1.82) is 0 Å². The Balaban J connectivity index is 1.74. The van der Waals surface area contributed by atoms with Gasteiger partial charge in [0.05, 0.1) is 6.54 Å². The van der Waals surface area contributed by atoms with Crippen molar-refractivity contribution in [2.24, 2.45) is 0 Å². The number of furan rings is 1. The lowest BCUT2D eigenvalue weighted by atomic mass is 10.3. The van der Waals surface area contributed by atoms with Crippen LogP contribution in [0.1, 0.15) is 18.6 Å². The first kappa shape index (κ1) is 10.6. The molecule has 1 N–H and O–H groups in total. The predicted octanol–water partition coefficient (Wildman–Crippen LogP) is 4.02. The molecular weight excluding hydrogens is 286 g/mol. The highest BCUT2D eigenvalue weighted by Gasteiger charge is 2.20. The van der Waals surface area contributed by atoms with Gasteiger partial charge in [0.1, 0.15) is 11.5 Å². The molecule has 0 radical (unpaired) electrons. The molecule has 1 saturated carbocycles. The van der Waals surface area contributed by atoms with Crippen molar-refractivity contribution in [3.63, 3.8) is 0 Å². The smallest absolute Gasteiger partial charge is 0.136 e. The van der Waals surface area contributed by atoms with Crippen LogP contribution >= 0.6 is 27.3 Å². The van der Waals surface area contributed by atoms with E-state index >= 15 is 0 Å². The Kier molecular flexibility index (Phi) is 2.88. The van der Waals surface area contributed by atoms with Gasteiger partial charge in [-0.25, -0.2) is 0 Å². The number of thiophene rings is 1. The van der Waals surface area contributed by atoms with Crippen LogP contribution in [0.2, 0.25) is 0 Å². The van der Waals surface area contributed by atoms with Gasteiger partial charge in [0.25, 0.3) is 0 Å². The molecule has 0 atom stereocenters. The lowest BCUT2D eigenvalue weighted by Gasteiger charge is -1.98. The summed E-state index contributed by atoms with van der Waals surface area (Å²) < 4.78 is 6.91. The van der Waals surface area contributed by atoms with Gasteiger partial charge in [-0.05, 0) is 40.9 Å². The lowest BCUT2D eigenvalue weighted by molar-refractivity contribution is 0.492. The maximum atomic E-state index is 5.80. The van der Waals surface area contributed by atoms with Gasteiger partial charge in [-0.15, -0.1) is 0 Å². The minimum absolute atomic E-state index is 0.724. The van der Waals surface area contributed by atoms with Crippen molar-refractivity contribution in [2.45, 2.75) is 25.4 Å². The topological polar surface area (TPSA) is 25.2 Å². The van der Waals surface area contributed by atoms with E-state index < -0.39 is 0 Å². The molecule has 2 nitrogen and oxygen atoms in total. The Hall–Kier alpha value is -0.580. The van der Waals surface area contributed by atoms with Gasteiger partial charge in [0, 0.05) is 26.8 Å². The van der Waals surface area contributed by atoms with E-state index in [2.05, 4.69) is 38.1 Å². The number of halogens is 1. The van der Waals surface area contributed by atoms with E-state index in [1.165, 1.54) is 12.8 Å². The molecule has 0 unspecified atom stereocenters. The molecule has 16 heavy (non-hydrogen) atoms. The summed E-state index contributed by atoms with van der Waals surface area (Å²) >= 11 is 5.20. The summed E-state index contributed by atoms with van der Waals surface area (Å²) in [4.78, 5) is 0. The zero-order valence-electron chi connectivity index (χ0n) is 8.70. The lowest BCUT2D eigenvalue weighted by Crippen LogP contribution is -2.14. The van der Waals surface area contributed by atoms with Crippen LogP contribution in [-0.2, 0) is 6.54 Å². The first-order chi connectivity index (χ1) is 7.83. The van der Waals surface area contributed by atoms with Crippen LogP contribution in [0.4, 0.5) is 0 Å². The largest absolute Gasteiger partial charge is 0.460 e. The maximum absolute atomic E-state index is 5.80. The molecule has 0 bridgehead atoms. The van der Waals surface area contributed by atoms with Gasteiger partial charge in [0.2, 0.25) is 0 Å².